The fourth-order valence-corrected chi connectivity index (χ4v) is 3.89. The average molecular weight is 416 g/mol. The molecule has 0 aliphatic heterocycles. The summed E-state index contributed by atoms with van der Waals surface area (Å²) in [6, 6.07) is 12.4. The molecule has 3 N–H and O–H groups in total. The first-order chi connectivity index (χ1) is 14.0. The van der Waals surface area contributed by atoms with Gasteiger partial charge in [-0.1, -0.05) is 18.2 Å². The van der Waals surface area contributed by atoms with E-state index in [1.54, 1.807) is 17.8 Å². The predicted octanol–water partition coefficient (Wildman–Crippen LogP) is 3.96. The smallest absolute Gasteiger partial charge is 0.293 e. The molecule has 0 spiro atoms. The lowest BCUT2D eigenvalue weighted by molar-refractivity contribution is -0.384. The van der Waals surface area contributed by atoms with Gasteiger partial charge in [0, 0.05) is 23.5 Å². The van der Waals surface area contributed by atoms with Crippen molar-refractivity contribution in [2.75, 3.05) is 11.6 Å². The van der Waals surface area contributed by atoms with Crippen LogP contribution in [-0.4, -0.2) is 34.3 Å². The second-order valence-electron chi connectivity index (χ2n) is 7.14. The SMILES string of the molecule is CSc1ccc(CNC(=O)c2cccc([N+](=O)[O-])c2NC2CCC(O)CC2)cc1. The van der Waals surface area contributed by atoms with Crippen molar-refractivity contribution in [1.82, 2.24) is 5.32 Å². The summed E-state index contributed by atoms with van der Waals surface area (Å²) in [6.45, 7) is 0.339. The number of carbonyl (C=O) groups excluding carboxylic acids is 1. The number of benzene rings is 2. The van der Waals surface area contributed by atoms with E-state index < -0.39 is 4.92 Å². The molecule has 3 rings (SSSR count). The third-order valence-electron chi connectivity index (χ3n) is 5.14. The summed E-state index contributed by atoms with van der Waals surface area (Å²) >= 11 is 1.65. The standard InChI is InChI=1S/C21H25N3O4S/c1-29-17-11-5-14(6-12-17)13-22-21(26)18-3-2-4-19(24(27)28)20(18)23-15-7-9-16(25)10-8-15/h2-6,11-12,15-16,23,25H,7-10,13H2,1H3,(H,22,26). The zero-order valence-electron chi connectivity index (χ0n) is 16.3. The molecule has 0 heterocycles. The number of hydrogen-bond acceptors (Lipinski definition) is 6. The molecule has 29 heavy (non-hydrogen) atoms. The van der Waals surface area contributed by atoms with Crippen LogP contribution >= 0.6 is 11.8 Å². The van der Waals surface area contributed by atoms with E-state index in [0.717, 1.165) is 10.5 Å². The van der Waals surface area contributed by atoms with Gasteiger partial charge < -0.3 is 15.7 Å². The molecule has 1 fully saturated rings. The van der Waals surface area contributed by atoms with Crippen molar-refractivity contribution in [2.45, 2.75) is 49.3 Å². The number of anilines is 1. The molecule has 8 heteroatoms. The number of thioether (sulfide) groups is 1. The number of rotatable bonds is 7. The van der Waals surface area contributed by atoms with E-state index >= 15 is 0 Å². The molecule has 0 atom stereocenters. The maximum Gasteiger partial charge on any atom is 0.293 e. The molecule has 0 radical (unpaired) electrons. The summed E-state index contributed by atoms with van der Waals surface area (Å²) in [5.74, 6) is -0.360. The number of nitro groups is 1. The largest absolute Gasteiger partial charge is 0.393 e. The lowest BCUT2D eigenvalue weighted by Gasteiger charge is -2.27. The summed E-state index contributed by atoms with van der Waals surface area (Å²) in [6.07, 6.45) is 4.38. The number of nitrogens with zero attached hydrogens (tertiary/aromatic N) is 1. The number of nitro benzene ring substituents is 1. The second-order valence-corrected chi connectivity index (χ2v) is 8.02. The predicted molar refractivity (Wildman–Crippen MR) is 114 cm³/mol. The Kier molecular flexibility index (Phi) is 7.11. The van der Waals surface area contributed by atoms with Crippen molar-refractivity contribution in [1.29, 1.82) is 0 Å². The van der Waals surface area contributed by atoms with Crippen LogP contribution in [0.5, 0.6) is 0 Å². The molecular formula is C21H25N3O4S. The van der Waals surface area contributed by atoms with Crippen LogP contribution < -0.4 is 10.6 Å². The third kappa shape index (κ3) is 5.48. The number of amides is 1. The van der Waals surface area contributed by atoms with Gasteiger partial charge in [-0.3, -0.25) is 14.9 Å². The molecule has 1 amide bonds. The Hall–Kier alpha value is -2.58. The van der Waals surface area contributed by atoms with Crippen molar-refractivity contribution in [2.24, 2.45) is 0 Å². The number of para-hydroxylation sites is 1. The Morgan fingerprint density at radius 1 is 1.17 bits per heavy atom. The molecular weight excluding hydrogens is 390 g/mol. The topological polar surface area (TPSA) is 104 Å². The molecule has 0 unspecified atom stereocenters. The summed E-state index contributed by atoms with van der Waals surface area (Å²) in [5.41, 5.74) is 1.34. The monoisotopic (exact) mass is 415 g/mol. The first kappa shape index (κ1) is 21.1. The lowest BCUT2D eigenvalue weighted by Crippen LogP contribution is -2.30. The number of hydrogen-bond donors (Lipinski definition) is 3. The minimum absolute atomic E-state index is 0.00913. The van der Waals surface area contributed by atoms with E-state index in [4.69, 9.17) is 0 Å². The Bertz CT molecular complexity index is 865. The van der Waals surface area contributed by atoms with E-state index in [9.17, 15) is 20.0 Å². The van der Waals surface area contributed by atoms with Crippen molar-refractivity contribution >= 4 is 29.0 Å². The van der Waals surface area contributed by atoms with E-state index in [-0.39, 0.29) is 35.0 Å². The van der Waals surface area contributed by atoms with Gasteiger partial charge in [0.05, 0.1) is 16.6 Å². The highest BCUT2D eigenvalue weighted by atomic mass is 32.2. The van der Waals surface area contributed by atoms with Crippen molar-refractivity contribution in [3.8, 4) is 0 Å². The van der Waals surface area contributed by atoms with Crippen LogP contribution in [0.3, 0.4) is 0 Å². The summed E-state index contributed by atoms with van der Waals surface area (Å²) in [7, 11) is 0. The number of aliphatic hydroxyl groups excluding tert-OH is 1. The van der Waals surface area contributed by atoms with Gasteiger partial charge in [-0.05, 0) is 55.7 Å². The molecule has 1 saturated carbocycles. The summed E-state index contributed by atoms with van der Waals surface area (Å²) in [5, 5.41) is 27.3. The van der Waals surface area contributed by atoms with Crippen LogP contribution in [-0.2, 0) is 6.54 Å². The van der Waals surface area contributed by atoms with E-state index in [1.807, 2.05) is 30.5 Å². The zero-order valence-corrected chi connectivity index (χ0v) is 17.1. The molecule has 0 saturated heterocycles. The van der Waals surface area contributed by atoms with Crippen LogP contribution in [0.15, 0.2) is 47.4 Å². The Labute approximate surface area is 174 Å². The van der Waals surface area contributed by atoms with Crippen molar-refractivity contribution < 1.29 is 14.8 Å². The fraction of sp³-hybridized carbons (Fsp3) is 0.381. The van der Waals surface area contributed by atoms with Crippen LogP contribution in [0.25, 0.3) is 0 Å². The Balaban J connectivity index is 1.76. The van der Waals surface area contributed by atoms with Gasteiger partial charge in [0.1, 0.15) is 5.69 Å². The van der Waals surface area contributed by atoms with Gasteiger partial charge in [-0.2, -0.15) is 0 Å². The van der Waals surface area contributed by atoms with Gasteiger partial charge in [0.25, 0.3) is 11.6 Å². The highest BCUT2D eigenvalue weighted by molar-refractivity contribution is 7.98. The second kappa shape index (κ2) is 9.76. The first-order valence-corrected chi connectivity index (χ1v) is 10.8. The van der Waals surface area contributed by atoms with Gasteiger partial charge >= 0.3 is 0 Å². The molecule has 1 aliphatic carbocycles. The van der Waals surface area contributed by atoms with Crippen molar-refractivity contribution in [3.63, 3.8) is 0 Å². The summed E-state index contributed by atoms with van der Waals surface area (Å²) < 4.78 is 0. The molecule has 2 aromatic carbocycles. The van der Waals surface area contributed by atoms with Crippen LogP contribution in [0.4, 0.5) is 11.4 Å². The number of aliphatic hydroxyl groups is 1. The molecule has 1 aliphatic rings. The molecule has 2 aromatic rings. The third-order valence-corrected chi connectivity index (χ3v) is 5.88. The van der Waals surface area contributed by atoms with Gasteiger partial charge in [0.15, 0.2) is 0 Å². The quantitative estimate of drug-likeness (QED) is 0.359. The van der Waals surface area contributed by atoms with Crippen molar-refractivity contribution in [3.05, 3.63) is 63.7 Å². The molecule has 0 bridgehead atoms. The first-order valence-electron chi connectivity index (χ1n) is 9.61. The van der Waals surface area contributed by atoms with Gasteiger partial charge in [0.2, 0.25) is 0 Å². The van der Waals surface area contributed by atoms with Crippen LogP contribution in [0.2, 0.25) is 0 Å². The highest BCUT2D eigenvalue weighted by Gasteiger charge is 2.26. The van der Waals surface area contributed by atoms with Crippen LogP contribution in [0.1, 0.15) is 41.6 Å². The average Bonchev–Trinajstić information content (AvgIpc) is 2.74. The number of carbonyl (C=O) groups is 1. The summed E-state index contributed by atoms with van der Waals surface area (Å²) in [4.78, 5) is 25.0. The Morgan fingerprint density at radius 3 is 2.48 bits per heavy atom. The van der Waals surface area contributed by atoms with E-state index in [0.29, 0.717) is 32.2 Å². The van der Waals surface area contributed by atoms with Crippen LogP contribution in [0, 0.1) is 10.1 Å². The maximum absolute atomic E-state index is 12.8. The maximum atomic E-state index is 12.8. The minimum atomic E-state index is -0.474. The minimum Gasteiger partial charge on any atom is -0.393 e. The van der Waals surface area contributed by atoms with Gasteiger partial charge in [-0.15, -0.1) is 11.8 Å². The fourth-order valence-electron chi connectivity index (χ4n) is 3.48. The van der Waals surface area contributed by atoms with E-state index in [1.165, 1.54) is 12.1 Å². The molecule has 7 nitrogen and oxygen atoms in total. The van der Waals surface area contributed by atoms with E-state index in [2.05, 4.69) is 10.6 Å². The number of nitrogens with one attached hydrogen (secondary N) is 2. The normalized spacial score (nSPS) is 18.8. The molecule has 154 valence electrons. The van der Waals surface area contributed by atoms with Gasteiger partial charge in [-0.25, -0.2) is 0 Å². The highest BCUT2D eigenvalue weighted by Crippen LogP contribution is 2.32. The lowest BCUT2D eigenvalue weighted by atomic mass is 9.92. The zero-order chi connectivity index (χ0) is 20.8. The Morgan fingerprint density at radius 2 is 1.86 bits per heavy atom. The molecule has 0 aromatic heterocycles.